The van der Waals surface area contributed by atoms with Gasteiger partial charge in [-0.1, -0.05) is 32.9 Å². The van der Waals surface area contributed by atoms with Crippen LogP contribution in [0.25, 0.3) is 0 Å². The summed E-state index contributed by atoms with van der Waals surface area (Å²) in [7, 11) is 0. The van der Waals surface area contributed by atoms with E-state index in [-0.39, 0.29) is 41.0 Å². The van der Waals surface area contributed by atoms with E-state index in [9.17, 15) is 20.1 Å². The molecule has 36 heavy (non-hydrogen) atoms. The van der Waals surface area contributed by atoms with E-state index in [4.69, 9.17) is 0 Å². The predicted molar refractivity (Wildman–Crippen MR) is 142 cm³/mol. The Morgan fingerprint density at radius 2 is 1.86 bits per heavy atom. The Bertz CT molecular complexity index is 966. The van der Waals surface area contributed by atoms with Crippen molar-refractivity contribution in [2.45, 2.75) is 104 Å². The lowest BCUT2D eigenvalue weighted by Crippen LogP contribution is -2.62. The third-order valence-electron chi connectivity index (χ3n) is 11.6. The molecule has 5 unspecified atom stereocenters. The van der Waals surface area contributed by atoms with Crippen LogP contribution < -0.4 is 5.32 Å². The Hall–Kier alpha value is -1.43. The van der Waals surface area contributed by atoms with Crippen LogP contribution in [0.15, 0.2) is 24.3 Å². The highest BCUT2D eigenvalue weighted by molar-refractivity contribution is 5.90. The maximum atomic E-state index is 12.7. The second-order valence-corrected chi connectivity index (χ2v) is 13.5. The normalized spacial score (nSPS) is 44.8. The van der Waals surface area contributed by atoms with Crippen molar-refractivity contribution in [1.29, 1.82) is 0 Å². The zero-order valence-electron chi connectivity index (χ0n) is 22.6. The Balaban J connectivity index is 1.28. The van der Waals surface area contributed by atoms with E-state index < -0.39 is 0 Å². The predicted octanol–water partition coefficient (Wildman–Crippen LogP) is 5.31. The molecule has 0 radical (unpaired) electrons. The van der Waals surface area contributed by atoms with E-state index in [0.29, 0.717) is 36.0 Å². The number of rotatable bonds is 5. The topological polar surface area (TPSA) is 89.8 Å². The van der Waals surface area contributed by atoms with Crippen LogP contribution in [0.4, 0.5) is 5.69 Å². The molecular weight excluding hydrogens is 450 g/mol. The minimum atomic E-state index is -0.380. The molecule has 4 fully saturated rings. The van der Waals surface area contributed by atoms with Crippen LogP contribution in [0, 0.1) is 53.3 Å². The number of aryl methyl sites for hydroxylation is 1. The summed E-state index contributed by atoms with van der Waals surface area (Å²) in [5.74, 6) is 1.96. The molecule has 0 spiro atoms. The average molecular weight is 498 g/mol. The number of anilines is 1. The molecule has 200 valence electrons. The number of nitrogens with one attached hydrogen (secondary N) is 1. The Labute approximate surface area is 217 Å². The van der Waals surface area contributed by atoms with Crippen LogP contribution in [0.3, 0.4) is 0 Å². The number of hydrogen-bond donors (Lipinski definition) is 4. The van der Waals surface area contributed by atoms with Crippen molar-refractivity contribution in [3.63, 3.8) is 0 Å². The molecule has 0 heterocycles. The largest absolute Gasteiger partial charge is 0.393 e. The highest BCUT2D eigenvalue weighted by Gasteiger charge is 2.65. The first-order valence-corrected chi connectivity index (χ1v) is 14.4. The lowest BCUT2D eigenvalue weighted by Gasteiger charge is -2.63. The van der Waals surface area contributed by atoms with E-state index in [1.807, 2.05) is 31.2 Å². The van der Waals surface area contributed by atoms with Crippen LogP contribution in [0.5, 0.6) is 0 Å². The third kappa shape index (κ3) is 4.33. The molecule has 1 amide bonds. The molecule has 1 aromatic rings. The molecule has 4 aliphatic carbocycles. The maximum Gasteiger partial charge on any atom is 0.224 e. The molecule has 0 aliphatic heterocycles. The average Bonchev–Trinajstić information content (AvgIpc) is 3.18. The highest BCUT2D eigenvalue weighted by Crippen LogP contribution is 2.68. The van der Waals surface area contributed by atoms with Gasteiger partial charge in [-0.25, -0.2) is 0 Å². The summed E-state index contributed by atoms with van der Waals surface area (Å²) in [6.45, 7) is 8.94. The van der Waals surface area contributed by atoms with Crippen molar-refractivity contribution in [2.24, 2.45) is 46.3 Å². The Morgan fingerprint density at radius 1 is 1.08 bits per heavy atom. The fourth-order valence-corrected chi connectivity index (χ4v) is 9.64. The summed E-state index contributed by atoms with van der Waals surface area (Å²) < 4.78 is 0. The second-order valence-electron chi connectivity index (χ2n) is 13.5. The fourth-order valence-electron chi connectivity index (χ4n) is 9.64. The van der Waals surface area contributed by atoms with E-state index in [2.05, 4.69) is 26.1 Å². The number of benzene rings is 1. The molecule has 0 aromatic heterocycles. The van der Waals surface area contributed by atoms with Gasteiger partial charge >= 0.3 is 0 Å². The fraction of sp³-hybridized carbons (Fsp3) is 0.774. The molecule has 0 saturated heterocycles. The number of aliphatic hydroxyl groups is 3. The zero-order chi connectivity index (χ0) is 25.8. The highest BCUT2D eigenvalue weighted by atomic mass is 16.3. The van der Waals surface area contributed by atoms with Crippen molar-refractivity contribution in [1.82, 2.24) is 0 Å². The van der Waals surface area contributed by atoms with Crippen molar-refractivity contribution in [2.75, 3.05) is 5.32 Å². The first kappa shape index (κ1) is 26.2. The van der Waals surface area contributed by atoms with Crippen molar-refractivity contribution < 1.29 is 20.1 Å². The number of fused-ring (bicyclic) bond motifs is 5. The Morgan fingerprint density at radius 3 is 2.61 bits per heavy atom. The van der Waals surface area contributed by atoms with Crippen molar-refractivity contribution >= 4 is 11.6 Å². The molecular formula is C31H47NO4. The summed E-state index contributed by atoms with van der Waals surface area (Å²) in [5, 5.41) is 36.5. The van der Waals surface area contributed by atoms with Gasteiger partial charge in [-0.2, -0.15) is 0 Å². The number of carbonyl (C=O) groups is 1. The van der Waals surface area contributed by atoms with Crippen molar-refractivity contribution in [3.8, 4) is 0 Å². The lowest BCUT2D eigenvalue weighted by molar-refractivity contribution is -0.207. The van der Waals surface area contributed by atoms with Crippen LogP contribution in [-0.2, 0) is 4.79 Å². The van der Waals surface area contributed by atoms with Gasteiger partial charge in [0.05, 0.1) is 18.3 Å². The van der Waals surface area contributed by atoms with Gasteiger partial charge in [-0.3, -0.25) is 4.79 Å². The summed E-state index contributed by atoms with van der Waals surface area (Å²) in [6, 6.07) is 7.91. The Kier molecular flexibility index (Phi) is 7.06. The summed E-state index contributed by atoms with van der Waals surface area (Å²) >= 11 is 0. The maximum absolute atomic E-state index is 12.7. The molecule has 0 bridgehead atoms. The molecule has 5 heteroatoms. The molecule has 11 atom stereocenters. The molecule has 4 aliphatic rings. The van der Waals surface area contributed by atoms with Crippen LogP contribution in [0.1, 0.15) is 84.1 Å². The van der Waals surface area contributed by atoms with Gasteiger partial charge in [-0.05, 0) is 122 Å². The van der Waals surface area contributed by atoms with Gasteiger partial charge in [0, 0.05) is 12.1 Å². The number of hydrogen-bond acceptors (Lipinski definition) is 4. The smallest absolute Gasteiger partial charge is 0.224 e. The summed E-state index contributed by atoms with van der Waals surface area (Å²) in [6.07, 6.45) is 6.63. The quantitative estimate of drug-likeness (QED) is 0.444. The van der Waals surface area contributed by atoms with E-state index in [1.165, 1.54) is 0 Å². The summed E-state index contributed by atoms with van der Waals surface area (Å²) in [4.78, 5) is 12.7. The molecule has 5 nitrogen and oxygen atoms in total. The van der Waals surface area contributed by atoms with E-state index >= 15 is 0 Å². The second kappa shape index (κ2) is 9.71. The number of carbonyl (C=O) groups excluding carboxylic acids is 1. The minimum absolute atomic E-state index is 0.0533. The zero-order valence-corrected chi connectivity index (χ0v) is 22.6. The minimum Gasteiger partial charge on any atom is -0.393 e. The van der Waals surface area contributed by atoms with Gasteiger partial charge in [0.15, 0.2) is 0 Å². The first-order chi connectivity index (χ1) is 17.0. The summed E-state index contributed by atoms with van der Waals surface area (Å²) in [5.41, 5.74) is 1.86. The van der Waals surface area contributed by atoms with Gasteiger partial charge in [0.25, 0.3) is 0 Å². The molecule has 5 rings (SSSR count). The van der Waals surface area contributed by atoms with Crippen LogP contribution in [-0.4, -0.2) is 39.5 Å². The number of aliphatic hydroxyl groups excluding tert-OH is 3. The van der Waals surface area contributed by atoms with Gasteiger partial charge in [0.1, 0.15) is 0 Å². The molecule has 4 N–H and O–H groups in total. The van der Waals surface area contributed by atoms with Crippen molar-refractivity contribution in [3.05, 3.63) is 29.8 Å². The SMILES string of the molecule is Cc1cccc(NC(=O)CCC(C)[C@H]2CCC3C4C(C[C@H](O)[C@@]32C)[C@@]2(C)CC[C@@H](O)CC2C[C@H]4O)c1. The first-order valence-electron chi connectivity index (χ1n) is 14.4. The van der Waals surface area contributed by atoms with Crippen LogP contribution >= 0.6 is 0 Å². The monoisotopic (exact) mass is 497 g/mol. The third-order valence-corrected chi connectivity index (χ3v) is 11.6. The molecule has 1 aromatic carbocycles. The standard InChI is InChI=1S/C31H47NO4/c1-18-6-5-7-21(14-18)32-28(36)11-8-19(2)23-9-10-24-29-25(17-27(35)31(23,24)4)30(3)13-12-22(33)15-20(30)16-26(29)34/h5-7,14,19-20,22-27,29,33-35H,8-13,15-17H2,1-4H3,(H,32,36)/t19?,20?,22-,23-,24?,25?,26-,27+,29?,30+,31-/m1/s1. The van der Waals surface area contributed by atoms with Gasteiger partial charge in [-0.15, -0.1) is 0 Å². The van der Waals surface area contributed by atoms with Crippen LogP contribution in [0.2, 0.25) is 0 Å². The lowest BCUT2D eigenvalue weighted by atomic mass is 9.43. The van der Waals surface area contributed by atoms with Gasteiger partial charge in [0.2, 0.25) is 5.91 Å². The van der Waals surface area contributed by atoms with Gasteiger partial charge < -0.3 is 20.6 Å². The molecule has 4 saturated carbocycles. The van der Waals surface area contributed by atoms with E-state index in [0.717, 1.165) is 62.6 Å². The number of amides is 1. The van der Waals surface area contributed by atoms with E-state index in [1.54, 1.807) is 0 Å².